The summed E-state index contributed by atoms with van der Waals surface area (Å²) in [6.07, 6.45) is 3.12. The molecule has 0 aliphatic heterocycles. The van der Waals surface area contributed by atoms with Gasteiger partial charge in [0, 0.05) is 22.4 Å². The molecule has 0 radical (unpaired) electrons. The predicted molar refractivity (Wildman–Crippen MR) is 128 cm³/mol. The van der Waals surface area contributed by atoms with Gasteiger partial charge in [-0.3, -0.25) is 4.79 Å². The van der Waals surface area contributed by atoms with E-state index in [1.54, 1.807) is 36.0 Å². The van der Waals surface area contributed by atoms with E-state index in [1.807, 2.05) is 24.3 Å². The number of rotatable bonds is 8. The molecule has 10 heteroatoms. The number of methoxy groups -OCH3 is 1. The zero-order valence-electron chi connectivity index (χ0n) is 16.2. The van der Waals surface area contributed by atoms with E-state index in [4.69, 9.17) is 28.9 Å². The van der Waals surface area contributed by atoms with Crippen LogP contribution in [0.5, 0.6) is 0 Å². The number of nitrogens with zero attached hydrogens (tertiary/aromatic N) is 1. The Balaban J connectivity index is 1.72. The van der Waals surface area contributed by atoms with Gasteiger partial charge in [0.1, 0.15) is 10.7 Å². The van der Waals surface area contributed by atoms with Crippen LogP contribution in [0.15, 0.2) is 59.5 Å². The molecule has 0 aliphatic rings. The van der Waals surface area contributed by atoms with Crippen molar-refractivity contribution >= 4 is 74.7 Å². The van der Waals surface area contributed by atoms with Crippen molar-refractivity contribution in [1.29, 1.82) is 0 Å². The Morgan fingerprint density at radius 1 is 1.23 bits per heavy atom. The van der Waals surface area contributed by atoms with Gasteiger partial charge >= 0.3 is 5.97 Å². The highest BCUT2D eigenvalue weighted by Gasteiger charge is 2.22. The van der Waals surface area contributed by atoms with E-state index >= 15 is 0 Å². The molecule has 3 rings (SSSR count). The first-order valence-corrected chi connectivity index (χ1v) is 11.4. The van der Waals surface area contributed by atoms with Crippen LogP contribution < -0.4 is 11.1 Å². The maximum absolute atomic E-state index is 12.9. The average Bonchev–Trinajstić information content (AvgIpc) is 3.11. The summed E-state index contributed by atoms with van der Waals surface area (Å²) in [6.45, 7) is 0. The number of aromatic nitrogens is 1. The number of carbonyl (C=O) groups excluding carboxylic acids is 2. The molecule has 0 fully saturated rings. The van der Waals surface area contributed by atoms with Crippen LogP contribution >= 0.6 is 46.3 Å². The highest BCUT2D eigenvalue weighted by atomic mass is 35.5. The van der Waals surface area contributed by atoms with Gasteiger partial charge in [0.25, 0.3) is 0 Å². The predicted octanol–water partition coefficient (Wildman–Crippen LogP) is 5.83. The molecule has 6 nitrogen and oxygen atoms in total. The van der Waals surface area contributed by atoms with Gasteiger partial charge in [-0.15, -0.1) is 11.8 Å². The number of hydrogen-bond donors (Lipinski definition) is 2. The van der Waals surface area contributed by atoms with E-state index in [0.717, 1.165) is 21.9 Å². The van der Waals surface area contributed by atoms with E-state index in [2.05, 4.69) is 15.0 Å². The van der Waals surface area contributed by atoms with Gasteiger partial charge < -0.3 is 15.8 Å². The Morgan fingerprint density at radius 2 is 1.94 bits per heavy atom. The third-order valence-corrected chi connectivity index (χ3v) is 6.50. The highest BCUT2D eigenvalue weighted by Crippen LogP contribution is 2.34. The van der Waals surface area contributed by atoms with Crippen LogP contribution in [0.25, 0.3) is 0 Å². The SMILES string of the molecule is COC(=O)C=CCSc1cccc(Nc2nc(N)c(C(=O)c3c(Cl)cccc3Cl)s2)c1. The molecule has 1 aromatic heterocycles. The third-order valence-electron chi connectivity index (χ3n) is 3.94. The lowest BCUT2D eigenvalue weighted by molar-refractivity contribution is -0.134. The van der Waals surface area contributed by atoms with Crippen molar-refractivity contribution in [3.63, 3.8) is 0 Å². The maximum atomic E-state index is 12.9. The summed E-state index contributed by atoms with van der Waals surface area (Å²) in [6, 6.07) is 12.5. The molecular weight excluding hydrogens is 477 g/mol. The van der Waals surface area contributed by atoms with Crippen LogP contribution in [0, 0.1) is 0 Å². The molecule has 0 aliphatic carbocycles. The minimum Gasteiger partial charge on any atom is -0.466 e. The molecule has 0 unspecified atom stereocenters. The second-order valence-corrected chi connectivity index (χ2v) is 8.96. The molecule has 1 heterocycles. The number of thioether (sulfide) groups is 1. The van der Waals surface area contributed by atoms with Crippen LogP contribution in [0.1, 0.15) is 15.2 Å². The minimum atomic E-state index is -0.388. The summed E-state index contributed by atoms with van der Waals surface area (Å²) in [5, 5.41) is 4.14. The fourth-order valence-electron chi connectivity index (χ4n) is 2.52. The van der Waals surface area contributed by atoms with E-state index < -0.39 is 0 Å². The van der Waals surface area contributed by atoms with E-state index in [1.165, 1.54) is 13.2 Å². The normalized spacial score (nSPS) is 10.9. The number of benzene rings is 2. The molecule has 2 aromatic carbocycles. The van der Waals surface area contributed by atoms with Crippen molar-refractivity contribution in [1.82, 2.24) is 4.98 Å². The maximum Gasteiger partial charge on any atom is 0.330 e. The summed E-state index contributed by atoms with van der Waals surface area (Å²) >= 11 is 15.0. The molecule has 3 aromatic rings. The molecule has 0 amide bonds. The van der Waals surface area contributed by atoms with Gasteiger partial charge in [-0.2, -0.15) is 0 Å². The first kappa shape index (κ1) is 23.1. The van der Waals surface area contributed by atoms with Crippen molar-refractivity contribution in [2.75, 3.05) is 23.9 Å². The summed E-state index contributed by atoms with van der Waals surface area (Å²) in [7, 11) is 1.34. The number of anilines is 3. The summed E-state index contributed by atoms with van der Waals surface area (Å²) in [4.78, 5) is 29.5. The number of thiazole rings is 1. The molecule has 0 saturated carbocycles. The lowest BCUT2D eigenvalue weighted by Gasteiger charge is -2.05. The van der Waals surface area contributed by atoms with E-state index in [0.29, 0.717) is 10.9 Å². The van der Waals surface area contributed by atoms with Crippen LogP contribution in [-0.2, 0) is 9.53 Å². The number of ether oxygens (including phenoxy) is 1. The Kier molecular flexibility index (Phi) is 7.97. The number of esters is 1. The van der Waals surface area contributed by atoms with Gasteiger partial charge in [0.2, 0.25) is 5.78 Å². The first-order valence-electron chi connectivity index (χ1n) is 8.88. The molecular formula is C21H17Cl2N3O3S2. The van der Waals surface area contributed by atoms with E-state index in [-0.39, 0.29) is 38.1 Å². The highest BCUT2D eigenvalue weighted by molar-refractivity contribution is 7.99. The topological polar surface area (TPSA) is 94.3 Å². The van der Waals surface area contributed by atoms with Crippen molar-refractivity contribution < 1.29 is 14.3 Å². The standard InChI is InChI=1S/C21H17Cl2N3O3S2/c1-29-16(27)9-4-10-30-13-6-2-5-12(11-13)25-21-26-20(24)19(31-21)18(28)17-14(22)7-3-8-15(17)23/h2-9,11H,10,24H2,1H3,(H,25,26). The quantitative estimate of drug-likeness (QED) is 0.176. The fraction of sp³-hybridized carbons (Fsp3) is 0.0952. The lowest BCUT2D eigenvalue weighted by Crippen LogP contribution is -2.04. The number of ketones is 1. The fourth-order valence-corrected chi connectivity index (χ4v) is 4.71. The molecule has 160 valence electrons. The Bertz CT molecular complexity index is 1130. The second-order valence-electron chi connectivity index (χ2n) is 6.05. The molecule has 31 heavy (non-hydrogen) atoms. The van der Waals surface area contributed by atoms with Gasteiger partial charge in [-0.25, -0.2) is 9.78 Å². The Labute approximate surface area is 197 Å². The number of carbonyl (C=O) groups is 2. The third kappa shape index (κ3) is 6.01. The van der Waals surface area contributed by atoms with Crippen molar-refractivity contribution in [2.24, 2.45) is 0 Å². The van der Waals surface area contributed by atoms with Crippen LogP contribution in [0.3, 0.4) is 0 Å². The smallest absolute Gasteiger partial charge is 0.330 e. The van der Waals surface area contributed by atoms with Gasteiger partial charge in [-0.1, -0.05) is 52.7 Å². The largest absolute Gasteiger partial charge is 0.466 e. The minimum absolute atomic E-state index is 0.104. The summed E-state index contributed by atoms with van der Waals surface area (Å²) < 4.78 is 4.56. The number of nitrogen functional groups attached to an aromatic ring is 1. The number of halogens is 2. The van der Waals surface area contributed by atoms with Gasteiger partial charge in [-0.05, 0) is 30.3 Å². The van der Waals surface area contributed by atoms with Crippen LogP contribution in [0.4, 0.5) is 16.6 Å². The first-order chi connectivity index (χ1) is 14.9. The summed E-state index contributed by atoms with van der Waals surface area (Å²) in [5.74, 6) is -0.0480. The Morgan fingerprint density at radius 3 is 2.65 bits per heavy atom. The Hall–Kier alpha value is -2.52. The molecule has 3 N–H and O–H groups in total. The number of nitrogens with one attached hydrogen (secondary N) is 1. The molecule has 0 saturated heterocycles. The molecule has 0 bridgehead atoms. The van der Waals surface area contributed by atoms with Gasteiger partial charge in [0.15, 0.2) is 5.13 Å². The van der Waals surface area contributed by atoms with Crippen molar-refractivity contribution in [3.8, 4) is 0 Å². The van der Waals surface area contributed by atoms with Crippen molar-refractivity contribution in [2.45, 2.75) is 4.90 Å². The summed E-state index contributed by atoms with van der Waals surface area (Å²) in [5.41, 5.74) is 6.97. The van der Waals surface area contributed by atoms with Gasteiger partial charge in [0.05, 0.1) is 22.7 Å². The van der Waals surface area contributed by atoms with Crippen LogP contribution in [-0.4, -0.2) is 29.6 Å². The monoisotopic (exact) mass is 493 g/mol. The zero-order chi connectivity index (χ0) is 22.4. The number of hydrogen-bond acceptors (Lipinski definition) is 8. The number of nitrogens with two attached hydrogens (primary N) is 1. The average molecular weight is 494 g/mol. The second kappa shape index (κ2) is 10.7. The lowest BCUT2D eigenvalue weighted by atomic mass is 10.1. The van der Waals surface area contributed by atoms with Crippen LogP contribution in [0.2, 0.25) is 10.0 Å². The molecule has 0 spiro atoms. The zero-order valence-corrected chi connectivity index (χ0v) is 19.4. The van der Waals surface area contributed by atoms with Crippen molar-refractivity contribution in [3.05, 3.63) is 75.1 Å². The van der Waals surface area contributed by atoms with E-state index in [9.17, 15) is 9.59 Å². The molecule has 0 atom stereocenters.